The first-order chi connectivity index (χ1) is 9.16. The van der Waals surface area contributed by atoms with Gasteiger partial charge in [-0.25, -0.2) is 0 Å². The first kappa shape index (κ1) is 13.6. The standard InChI is InChI=1S/C15H18N2OS/c1-17(2)13-6-3-5-12(11-13)15(18)16-9-8-14-7-4-10-19-14/h3-7,10-11H,8-9H2,1-2H3,(H,16,18). The van der Waals surface area contributed by atoms with Crippen LogP contribution in [-0.4, -0.2) is 26.5 Å². The van der Waals surface area contributed by atoms with E-state index in [2.05, 4.69) is 16.8 Å². The third kappa shape index (κ3) is 3.83. The number of anilines is 1. The van der Waals surface area contributed by atoms with E-state index in [0.717, 1.165) is 12.1 Å². The lowest BCUT2D eigenvalue weighted by molar-refractivity contribution is 0.0954. The molecule has 1 N–H and O–H groups in total. The topological polar surface area (TPSA) is 32.3 Å². The number of benzene rings is 1. The minimum Gasteiger partial charge on any atom is -0.378 e. The van der Waals surface area contributed by atoms with Crippen molar-refractivity contribution in [3.63, 3.8) is 0 Å². The van der Waals surface area contributed by atoms with Crippen molar-refractivity contribution in [2.24, 2.45) is 0 Å². The Morgan fingerprint density at radius 2 is 2.11 bits per heavy atom. The van der Waals surface area contributed by atoms with Gasteiger partial charge in [0.05, 0.1) is 0 Å². The average molecular weight is 274 g/mol. The van der Waals surface area contributed by atoms with E-state index in [1.807, 2.05) is 49.3 Å². The van der Waals surface area contributed by atoms with Crippen molar-refractivity contribution in [1.82, 2.24) is 5.32 Å². The third-order valence-electron chi connectivity index (χ3n) is 2.86. The molecule has 0 fully saturated rings. The zero-order valence-corrected chi connectivity index (χ0v) is 12.0. The van der Waals surface area contributed by atoms with E-state index in [1.54, 1.807) is 11.3 Å². The minimum absolute atomic E-state index is 0.0137. The summed E-state index contributed by atoms with van der Waals surface area (Å²) in [5.41, 5.74) is 1.74. The quantitative estimate of drug-likeness (QED) is 0.909. The van der Waals surface area contributed by atoms with Gasteiger partial charge < -0.3 is 10.2 Å². The molecule has 1 heterocycles. The second kappa shape index (κ2) is 6.38. The van der Waals surface area contributed by atoms with Gasteiger partial charge >= 0.3 is 0 Å². The van der Waals surface area contributed by atoms with Crippen LogP contribution in [0.5, 0.6) is 0 Å². The van der Waals surface area contributed by atoms with E-state index >= 15 is 0 Å². The molecule has 100 valence electrons. The fraction of sp³-hybridized carbons (Fsp3) is 0.267. The predicted molar refractivity (Wildman–Crippen MR) is 81.1 cm³/mol. The summed E-state index contributed by atoms with van der Waals surface area (Å²) in [6.45, 7) is 0.672. The number of hydrogen-bond acceptors (Lipinski definition) is 3. The number of rotatable bonds is 5. The van der Waals surface area contributed by atoms with E-state index < -0.39 is 0 Å². The van der Waals surface area contributed by atoms with Crippen molar-refractivity contribution in [2.45, 2.75) is 6.42 Å². The zero-order valence-electron chi connectivity index (χ0n) is 11.2. The van der Waals surface area contributed by atoms with E-state index in [4.69, 9.17) is 0 Å². The van der Waals surface area contributed by atoms with Gasteiger partial charge in [-0.15, -0.1) is 11.3 Å². The van der Waals surface area contributed by atoms with Gasteiger partial charge in [-0.2, -0.15) is 0 Å². The summed E-state index contributed by atoms with van der Waals surface area (Å²) in [4.78, 5) is 15.3. The monoisotopic (exact) mass is 274 g/mol. The molecule has 1 aromatic heterocycles. The highest BCUT2D eigenvalue weighted by atomic mass is 32.1. The Kier molecular flexibility index (Phi) is 4.58. The molecule has 0 saturated heterocycles. The Morgan fingerprint density at radius 3 is 2.79 bits per heavy atom. The Hall–Kier alpha value is -1.81. The van der Waals surface area contributed by atoms with Crippen LogP contribution in [0.3, 0.4) is 0 Å². The Balaban J connectivity index is 1.90. The number of thiophene rings is 1. The third-order valence-corrected chi connectivity index (χ3v) is 3.80. The highest BCUT2D eigenvalue weighted by Crippen LogP contribution is 2.13. The van der Waals surface area contributed by atoms with Crippen LogP contribution in [0.25, 0.3) is 0 Å². The molecule has 0 aliphatic rings. The molecular weight excluding hydrogens is 256 g/mol. The van der Waals surface area contributed by atoms with Crippen LogP contribution >= 0.6 is 11.3 Å². The summed E-state index contributed by atoms with van der Waals surface area (Å²) in [6, 6.07) is 11.8. The first-order valence-electron chi connectivity index (χ1n) is 6.25. The van der Waals surface area contributed by atoms with Gasteiger partial charge in [0.15, 0.2) is 0 Å². The van der Waals surface area contributed by atoms with Gasteiger partial charge in [0.25, 0.3) is 5.91 Å². The number of carbonyl (C=O) groups excluding carboxylic acids is 1. The Labute approximate surface area is 117 Å². The van der Waals surface area contributed by atoms with Gasteiger partial charge in [-0.1, -0.05) is 12.1 Å². The molecule has 0 unspecified atom stereocenters. The molecule has 0 saturated carbocycles. The van der Waals surface area contributed by atoms with E-state index in [-0.39, 0.29) is 5.91 Å². The lowest BCUT2D eigenvalue weighted by Crippen LogP contribution is -2.25. The summed E-state index contributed by atoms with van der Waals surface area (Å²) in [7, 11) is 3.93. The molecule has 3 nitrogen and oxygen atoms in total. The molecule has 2 rings (SSSR count). The fourth-order valence-corrected chi connectivity index (χ4v) is 2.49. The normalized spacial score (nSPS) is 10.2. The molecule has 1 aromatic carbocycles. The molecule has 2 aromatic rings. The molecule has 19 heavy (non-hydrogen) atoms. The van der Waals surface area contributed by atoms with Crippen molar-refractivity contribution < 1.29 is 4.79 Å². The summed E-state index contributed by atoms with van der Waals surface area (Å²) in [5.74, 6) is -0.0137. The van der Waals surface area contributed by atoms with E-state index in [1.165, 1.54) is 4.88 Å². The van der Waals surface area contributed by atoms with Crippen molar-refractivity contribution in [3.8, 4) is 0 Å². The van der Waals surface area contributed by atoms with E-state index in [0.29, 0.717) is 12.1 Å². The lowest BCUT2D eigenvalue weighted by Gasteiger charge is -2.13. The summed E-state index contributed by atoms with van der Waals surface area (Å²) >= 11 is 1.72. The zero-order chi connectivity index (χ0) is 13.7. The summed E-state index contributed by atoms with van der Waals surface area (Å²) in [5, 5.41) is 5.01. The van der Waals surface area contributed by atoms with Crippen molar-refractivity contribution >= 4 is 22.9 Å². The highest BCUT2D eigenvalue weighted by Gasteiger charge is 2.06. The van der Waals surface area contributed by atoms with Gasteiger partial charge in [-0.05, 0) is 36.1 Å². The van der Waals surface area contributed by atoms with Crippen LogP contribution in [0.4, 0.5) is 5.69 Å². The number of carbonyl (C=O) groups is 1. The predicted octanol–water partition coefficient (Wildman–Crippen LogP) is 2.79. The van der Waals surface area contributed by atoms with E-state index in [9.17, 15) is 4.79 Å². The molecule has 0 atom stereocenters. The number of nitrogens with one attached hydrogen (secondary N) is 1. The Morgan fingerprint density at radius 1 is 1.26 bits per heavy atom. The molecule has 4 heteroatoms. The molecule has 0 bridgehead atoms. The largest absolute Gasteiger partial charge is 0.378 e. The maximum Gasteiger partial charge on any atom is 0.251 e. The minimum atomic E-state index is -0.0137. The van der Waals surface area contributed by atoms with Crippen LogP contribution in [0.1, 0.15) is 15.2 Å². The van der Waals surface area contributed by atoms with Gasteiger partial charge in [-0.3, -0.25) is 4.79 Å². The first-order valence-corrected chi connectivity index (χ1v) is 7.13. The van der Waals surface area contributed by atoms with Crippen LogP contribution in [0, 0.1) is 0 Å². The Bertz CT molecular complexity index is 535. The molecule has 0 spiro atoms. The molecule has 0 aliphatic carbocycles. The molecule has 0 aliphatic heterocycles. The van der Waals surface area contributed by atoms with Gasteiger partial charge in [0, 0.05) is 36.8 Å². The number of nitrogens with zero attached hydrogens (tertiary/aromatic N) is 1. The smallest absolute Gasteiger partial charge is 0.251 e. The molecular formula is C15H18N2OS. The van der Waals surface area contributed by atoms with Crippen LogP contribution in [0.2, 0.25) is 0 Å². The SMILES string of the molecule is CN(C)c1cccc(C(=O)NCCc2cccs2)c1. The van der Waals surface area contributed by atoms with Crippen molar-refractivity contribution in [2.75, 3.05) is 25.5 Å². The fourth-order valence-electron chi connectivity index (χ4n) is 1.78. The second-order valence-electron chi connectivity index (χ2n) is 4.53. The van der Waals surface area contributed by atoms with Crippen molar-refractivity contribution in [3.05, 3.63) is 52.2 Å². The number of amides is 1. The average Bonchev–Trinajstić information content (AvgIpc) is 2.92. The van der Waals surface area contributed by atoms with Gasteiger partial charge in [0.1, 0.15) is 0 Å². The maximum atomic E-state index is 12.0. The highest BCUT2D eigenvalue weighted by molar-refractivity contribution is 7.09. The lowest BCUT2D eigenvalue weighted by atomic mass is 10.2. The van der Waals surface area contributed by atoms with Crippen molar-refractivity contribution in [1.29, 1.82) is 0 Å². The molecule has 0 radical (unpaired) electrons. The van der Waals surface area contributed by atoms with Crippen LogP contribution in [0.15, 0.2) is 41.8 Å². The molecule has 1 amide bonds. The summed E-state index contributed by atoms with van der Waals surface area (Å²) in [6.07, 6.45) is 0.886. The second-order valence-corrected chi connectivity index (χ2v) is 5.56. The maximum absolute atomic E-state index is 12.0. The van der Waals surface area contributed by atoms with Crippen LogP contribution < -0.4 is 10.2 Å². The van der Waals surface area contributed by atoms with Crippen LogP contribution in [-0.2, 0) is 6.42 Å². The summed E-state index contributed by atoms with van der Waals surface area (Å²) < 4.78 is 0. The van der Waals surface area contributed by atoms with Gasteiger partial charge in [0.2, 0.25) is 0 Å². The number of hydrogen-bond donors (Lipinski definition) is 1.